The first-order valence-corrected chi connectivity index (χ1v) is 7.76. The van der Waals surface area contributed by atoms with Crippen molar-refractivity contribution in [3.63, 3.8) is 0 Å². The first-order chi connectivity index (χ1) is 3.91. The van der Waals surface area contributed by atoms with Crippen molar-refractivity contribution in [2.75, 3.05) is 0 Å². The summed E-state index contributed by atoms with van der Waals surface area (Å²) in [5.41, 5.74) is 2.97. The van der Waals surface area contributed by atoms with Crippen molar-refractivity contribution in [1.29, 1.82) is 0 Å². The molecule has 0 N–H and O–H groups in total. The zero-order valence-corrected chi connectivity index (χ0v) is 7.93. The Hall–Kier alpha value is 0.788. The van der Waals surface area contributed by atoms with Gasteiger partial charge in [-0.3, -0.25) is 0 Å². The van der Waals surface area contributed by atoms with Crippen LogP contribution >= 0.6 is 18.8 Å². The van der Waals surface area contributed by atoms with E-state index in [-0.39, 0.29) is 0 Å². The van der Waals surface area contributed by atoms with Crippen LogP contribution in [0.5, 0.6) is 0 Å². The van der Waals surface area contributed by atoms with Gasteiger partial charge in [-0.15, -0.1) is 5.73 Å². The molecule has 0 nitrogen and oxygen atoms in total. The molecule has 3 heteroatoms. The fourth-order valence-corrected chi connectivity index (χ4v) is 0.417. The molecule has 50 valence electrons. The third-order valence-electron chi connectivity index (χ3n) is 0.691. The molecule has 0 aliphatic heterocycles. The number of allylic oxidation sites excluding steroid dienone is 1. The Morgan fingerprint density at radius 1 is 1.25 bits per heavy atom. The fourth-order valence-electron chi connectivity index (χ4n) is 0.417. The van der Waals surface area contributed by atoms with Crippen LogP contribution in [-0.4, -0.2) is 0 Å². The van der Waals surface area contributed by atoms with Gasteiger partial charge in [0.2, 0.25) is 0 Å². The standard InChI is InChI=1S/C5H6.2ClH.Pt/c1-2-4-5-3-1;;;/h1,5H,2,4H2;2*1H;/q;;;+2/p-2. The summed E-state index contributed by atoms with van der Waals surface area (Å²) >= 11 is -0.472. The van der Waals surface area contributed by atoms with E-state index < -0.39 is 16.5 Å². The van der Waals surface area contributed by atoms with Crippen LogP contribution in [0.1, 0.15) is 12.8 Å². The summed E-state index contributed by atoms with van der Waals surface area (Å²) in [6, 6.07) is 0. The molecule has 0 bridgehead atoms. The molecule has 0 fully saturated rings. The quantitative estimate of drug-likeness (QED) is 0.599. The van der Waals surface area contributed by atoms with Gasteiger partial charge in [-0.2, -0.15) is 0 Å². The van der Waals surface area contributed by atoms with Gasteiger partial charge in [0.15, 0.2) is 0 Å². The van der Waals surface area contributed by atoms with Gasteiger partial charge in [-0.05, 0) is 25.0 Å². The number of hydrogen-bond acceptors (Lipinski definition) is 0. The molecule has 0 heterocycles. The third kappa shape index (κ3) is 6.79. The topological polar surface area (TPSA) is 0 Å². The molecule has 1 aliphatic rings. The van der Waals surface area contributed by atoms with E-state index in [1.165, 1.54) is 12.8 Å². The molecular formula is C5H6Cl2Pt. The molecule has 0 saturated heterocycles. The molecule has 8 heavy (non-hydrogen) atoms. The van der Waals surface area contributed by atoms with Gasteiger partial charge >= 0.3 is 35.3 Å². The fraction of sp³-hybridized carbons (Fsp3) is 0.400. The van der Waals surface area contributed by atoms with Crippen LogP contribution in [-0.2, 0) is 16.5 Å². The van der Waals surface area contributed by atoms with Gasteiger partial charge in [0, 0.05) is 0 Å². The summed E-state index contributed by atoms with van der Waals surface area (Å²) in [6.45, 7) is 0. The first-order valence-electron chi connectivity index (χ1n) is 2.13. The average molecular weight is 332 g/mol. The molecule has 0 aromatic heterocycles. The maximum atomic E-state index is 4.88. The van der Waals surface area contributed by atoms with E-state index in [2.05, 4.69) is 17.9 Å². The summed E-state index contributed by atoms with van der Waals surface area (Å²) in [5.74, 6) is 0. The van der Waals surface area contributed by atoms with E-state index in [1.807, 2.05) is 0 Å². The summed E-state index contributed by atoms with van der Waals surface area (Å²) in [5, 5.41) is 0. The summed E-state index contributed by atoms with van der Waals surface area (Å²) in [6.07, 6.45) is 6.53. The van der Waals surface area contributed by atoms with E-state index in [4.69, 9.17) is 18.8 Å². The Labute approximate surface area is 65.9 Å². The van der Waals surface area contributed by atoms with Crippen molar-refractivity contribution in [1.82, 2.24) is 0 Å². The van der Waals surface area contributed by atoms with Crippen molar-refractivity contribution in [3.05, 3.63) is 17.9 Å². The zero-order valence-electron chi connectivity index (χ0n) is 4.14. The van der Waals surface area contributed by atoms with E-state index in [0.717, 1.165) is 0 Å². The molecule has 0 amide bonds. The Morgan fingerprint density at radius 2 is 1.62 bits per heavy atom. The molecule has 1 rings (SSSR count). The second kappa shape index (κ2) is 7.79. The van der Waals surface area contributed by atoms with Crippen LogP contribution in [0.25, 0.3) is 0 Å². The predicted octanol–water partition coefficient (Wildman–Crippen LogP) is 2.87. The molecule has 0 unspecified atom stereocenters. The molecule has 0 atom stereocenters. The van der Waals surface area contributed by atoms with Gasteiger partial charge in [0.1, 0.15) is 0 Å². The Kier molecular flexibility index (Phi) is 8.56. The van der Waals surface area contributed by atoms with Gasteiger partial charge in [0.05, 0.1) is 0 Å². The number of hydrogen-bond donors (Lipinski definition) is 0. The second-order valence-corrected chi connectivity index (χ2v) is 4.48. The van der Waals surface area contributed by atoms with Crippen molar-refractivity contribution in [2.45, 2.75) is 12.8 Å². The van der Waals surface area contributed by atoms with E-state index >= 15 is 0 Å². The van der Waals surface area contributed by atoms with Gasteiger partial charge < -0.3 is 0 Å². The van der Waals surface area contributed by atoms with Crippen molar-refractivity contribution in [2.24, 2.45) is 0 Å². The normalized spacial score (nSPS) is 13.8. The Balaban J connectivity index is 0.000000145. The van der Waals surface area contributed by atoms with Crippen molar-refractivity contribution < 1.29 is 16.5 Å². The summed E-state index contributed by atoms with van der Waals surface area (Å²) in [7, 11) is 9.75. The Morgan fingerprint density at radius 3 is 1.75 bits per heavy atom. The third-order valence-corrected chi connectivity index (χ3v) is 0.691. The van der Waals surface area contributed by atoms with Gasteiger partial charge in [-0.1, -0.05) is 0 Å². The number of halogens is 2. The van der Waals surface area contributed by atoms with Crippen molar-refractivity contribution >= 4 is 18.8 Å². The molecule has 0 spiro atoms. The minimum atomic E-state index is -0.472. The van der Waals surface area contributed by atoms with Gasteiger partial charge in [-0.25, -0.2) is 0 Å². The molecule has 0 aromatic carbocycles. The summed E-state index contributed by atoms with van der Waals surface area (Å²) in [4.78, 5) is 0. The van der Waals surface area contributed by atoms with Gasteiger partial charge in [0.25, 0.3) is 0 Å². The van der Waals surface area contributed by atoms with Crippen LogP contribution in [0, 0.1) is 0 Å². The molecule has 0 radical (unpaired) electrons. The van der Waals surface area contributed by atoms with E-state index in [1.54, 1.807) is 0 Å². The number of rotatable bonds is 0. The second-order valence-electron chi connectivity index (χ2n) is 1.20. The van der Waals surface area contributed by atoms with Crippen LogP contribution in [0.4, 0.5) is 0 Å². The molecular weight excluding hydrogens is 326 g/mol. The zero-order chi connectivity index (χ0) is 6.24. The Bertz CT molecular complexity index is 86.6. The van der Waals surface area contributed by atoms with Crippen LogP contribution in [0.3, 0.4) is 0 Å². The van der Waals surface area contributed by atoms with Crippen LogP contribution in [0.2, 0.25) is 0 Å². The van der Waals surface area contributed by atoms with Crippen LogP contribution in [0.15, 0.2) is 17.9 Å². The predicted molar refractivity (Wildman–Crippen MR) is 33.6 cm³/mol. The first kappa shape index (κ1) is 8.79. The van der Waals surface area contributed by atoms with E-state index in [9.17, 15) is 0 Å². The molecule has 0 saturated carbocycles. The van der Waals surface area contributed by atoms with Crippen molar-refractivity contribution in [3.8, 4) is 0 Å². The van der Waals surface area contributed by atoms with E-state index in [0.29, 0.717) is 0 Å². The molecule has 0 aromatic rings. The minimum absolute atomic E-state index is 0.472. The average Bonchev–Trinajstić information content (AvgIpc) is 2.17. The van der Waals surface area contributed by atoms with Crippen LogP contribution < -0.4 is 0 Å². The summed E-state index contributed by atoms with van der Waals surface area (Å²) < 4.78 is 0. The molecule has 1 aliphatic carbocycles. The SMILES string of the molecule is C1=CCCC=1.[Cl][Pt][Cl]. The monoisotopic (exact) mass is 331 g/mol. The maximum absolute atomic E-state index is 4.88.